The number of halogens is 1. The second-order valence-electron chi connectivity index (χ2n) is 4.99. The third-order valence-corrected chi connectivity index (χ3v) is 3.93. The molecule has 0 saturated heterocycles. The van der Waals surface area contributed by atoms with Gasteiger partial charge in [-0.3, -0.25) is 4.79 Å². The fourth-order valence-corrected chi connectivity index (χ4v) is 2.45. The summed E-state index contributed by atoms with van der Waals surface area (Å²) in [5.41, 5.74) is -0.319. The molecule has 2 rings (SSSR count). The molecule has 0 amide bonds. The first-order valence-corrected chi connectivity index (χ1v) is 8.80. The first-order valence-electron chi connectivity index (χ1n) is 6.12. The lowest BCUT2D eigenvalue weighted by molar-refractivity contribution is 0.0888. The highest BCUT2D eigenvalue weighted by molar-refractivity contribution is 9.10. The number of aromatic nitrogens is 3. The van der Waals surface area contributed by atoms with Crippen LogP contribution in [0.1, 0.15) is 13.8 Å². The summed E-state index contributed by atoms with van der Waals surface area (Å²) in [6, 6.07) is 1.53. The van der Waals surface area contributed by atoms with E-state index in [0.29, 0.717) is 12.0 Å². The van der Waals surface area contributed by atoms with Crippen LogP contribution >= 0.6 is 15.9 Å². The zero-order valence-corrected chi connectivity index (χ0v) is 14.1. The van der Waals surface area contributed by atoms with E-state index in [2.05, 4.69) is 25.9 Å². The fourth-order valence-electron chi connectivity index (χ4n) is 1.54. The summed E-state index contributed by atoms with van der Waals surface area (Å²) in [7, 11) is -3.57. The molecule has 2 heterocycles. The predicted molar refractivity (Wildman–Crippen MR) is 80.9 cm³/mol. The van der Waals surface area contributed by atoms with Crippen molar-refractivity contribution < 1.29 is 13.3 Å². The van der Waals surface area contributed by atoms with E-state index in [0.717, 1.165) is 11.0 Å². The SMILES string of the molecule is CC(C)COn1c(=O)c(Br)cc2cnc(S(C)(=O)=O)nc21. The number of hydrogen-bond donors (Lipinski definition) is 0. The van der Waals surface area contributed by atoms with Gasteiger partial charge in [0.2, 0.25) is 15.0 Å². The topological polar surface area (TPSA) is 91.2 Å². The standard InChI is InChI=1S/C12H14BrN3O4S/c1-7(2)6-20-16-10-8(4-9(13)11(16)17)5-14-12(15-10)21(3,18)19/h4-5,7H,6H2,1-3H3. The second kappa shape index (κ2) is 5.72. The van der Waals surface area contributed by atoms with Gasteiger partial charge in [-0.2, -0.15) is 4.98 Å². The van der Waals surface area contributed by atoms with Gasteiger partial charge in [0.1, 0.15) is 6.61 Å². The highest BCUT2D eigenvalue weighted by Gasteiger charge is 2.16. The summed E-state index contributed by atoms with van der Waals surface area (Å²) in [6.45, 7) is 4.16. The van der Waals surface area contributed by atoms with E-state index < -0.39 is 15.4 Å². The van der Waals surface area contributed by atoms with Gasteiger partial charge in [-0.15, -0.1) is 4.73 Å². The molecule has 21 heavy (non-hydrogen) atoms. The van der Waals surface area contributed by atoms with E-state index in [1.165, 1.54) is 12.3 Å². The monoisotopic (exact) mass is 375 g/mol. The van der Waals surface area contributed by atoms with E-state index in [-0.39, 0.29) is 21.2 Å². The Morgan fingerprint density at radius 1 is 1.43 bits per heavy atom. The minimum atomic E-state index is -3.57. The molecule has 0 N–H and O–H groups in total. The summed E-state index contributed by atoms with van der Waals surface area (Å²) >= 11 is 3.15. The molecule has 2 aromatic rings. The molecule has 0 radical (unpaired) electrons. The lowest BCUT2D eigenvalue weighted by Gasteiger charge is -2.13. The molecule has 0 aromatic carbocycles. The largest absolute Gasteiger partial charge is 0.408 e. The zero-order valence-electron chi connectivity index (χ0n) is 11.7. The Balaban J connectivity index is 2.72. The molecule has 0 bridgehead atoms. The Labute approximate surface area is 130 Å². The smallest absolute Gasteiger partial charge is 0.299 e. The quantitative estimate of drug-likeness (QED) is 0.741. The average molecular weight is 376 g/mol. The van der Waals surface area contributed by atoms with Gasteiger partial charge in [0, 0.05) is 17.8 Å². The Hall–Kier alpha value is -1.48. The molecule has 0 saturated carbocycles. The van der Waals surface area contributed by atoms with Crippen molar-refractivity contribution in [1.29, 1.82) is 0 Å². The van der Waals surface area contributed by atoms with Crippen molar-refractivity contribution in [3.8, 4) is 0 Å². The Bertz CT molecular complexity index is 845. The number of pyridine rings is 1. The van der Waals surface area contributed by atoms with Gasteiger partial charge in [-0.25, -0.2) is 13.4 Å². The number of rotatable bonds is 4. The number of hydrogen-bond acceptors (Lipinski definition) is 6. The van der Waals surface area contributed by atoms with E-state index in [1.54, 1.807) is 0 Å². The van der Waals surface area contributed by atoms with Crippen LogP contribution in [0.25, 0.3) is 11.0 Å². The first-order chi connectivity index (χ1) is 9.70. The Kier molecular flexibility index (Phi) is 4.33. The van der Waals surface area contributed by atoms with E-state index >= 15 is 0 Å². The molecular formula is C12H14BrN3O4S. The molecule has 0 aliphatic rings. The lowest BCUT2D eigenvalue weighted by Crippen LogP contribution is -2.30. The number of fused-ring (bicyclic) bond motifs is 1. The maximum atomic E-state index is 12.1. The fraction of sp³-hybridized carbons (Fsp3) is 0.417. The van der Waals surface area contributed by atoms with Crippen LogP contribution in [0.4, 0.5) is 0 Å². The van der Waals surface area contributed by atoms with Crippen molar-refractivity contribution in [3.63, 3.8) is 0 Å². The van der Waals surface area contributed by atoms with Crippen LogP contribution < -0.4 is 10.4 Å². The van der Waals surface area contributed by atoms with Gasteiger partial charge in [0.15, 0.2) is 5.65 Å². The van der Waals surface area contributed by atoms with E-state index in [4.69, 9.17) is 4.84 Å². The molecule has 0 aliphatic carbocycles. The minimum Gasteiger partial charge on any atom is -0.408 e. The lowest BCUT2D eigenvalue weighted by atomic mass is 10.2. The number of nitrogens with zero attached hydrogens (tertiary/aromatic N) is 3. The highest BCUT2D eigenvalue weighted by Crippen LogP contribution is 2.15. The molecule has 114 valence electrons. The van der Waals surface area contributed by atoms with Gasteiger partial charge < -0.3 is 4.84 Å². The van der Waals surface area contributed by atoms with Crippen molar-refractivity contribution in [2.24, 2.45) is 5.92 Å². The van der Waals surface area contributed by atoms with Crippen LogP contribution in [0, 0.1) is 5.92 Å². The molecule has 2 aromatic heterocycles. The molecule has 9 heteroatoms. The minimum absolute atomic E-state index is 0.124. The van der Waals surface area contributed by atoms with Crippen molar-refractivity contribution in [1.82, 2.24) is 14.7 Å². The first kappa shape index (κ1) is 15.9. The van der Waals surface area contributed by atoms with Crippen molar-refractivity contribution in [3.05, 3.63) is 27.1 Å². The van der Waals surface area contributed by atoms with Crippen LogP contribution in [-0.2, 0) is 9.84 Å². The van der Waals surface area contributed by atoms with Crippen molar-refractivity contribution in [2.75, 3.05) is 12.9 Å². The van der Waals surface area contributed by atoms with Gasteiger partial charge in [-0.05, 0) is 27.9 Å². The molecule has 0 atom stereocenters. The molecule has 0 fully saturated rings. The second-order valence-corrected chi connectivity index (χ2v) is 7.75. The van der Waals surface area contributed by atoms with Crippen molar-refractivity contribution in [2.45, 2.75) is 19.0 Å². The Morgan fingerprint density at radius 2 is 2.10 bits per heavy atom. The summed E-state index contributed by atoms with van der Waals surface area (Å²) in [5, 5.41) is 0.149. The Morgan fingerprint density at radius 3 is 2.67 bits per heavy atom. The van der Waals surface area contributed by atoms with Crippen LogP contribution in [0.5, 0.6) is 0 Å². The summed E-state index contributed by atoms with van der Waals surface area (Å²) in [5.74, 6) is 0.196. The van der Waals surface area contributed by atoms with Crippen molar-refractivity contribution >= 4 is 36.8 Å². The molecule has 0 spiro atoms. The van der Waals surface area contributed by atoms with Crippen LogP contribution in [0.3, 0.4) is 0 Å². The van der Waals surface area contributed by atoms with E-state index in [1.807, 2.05) is 13.8 Å². The molecule has 7 nitrogen and oxygen atoms in total. The van der Waals surface area contributed by atoms with Gasteiger partial charge >= 0.3 is 0 Å². The normalized spacial score (nSPS) is 12.0. The maximum Gasteiger partial charge on any atom is 0.299 e. The van der Waals surface area contributed by atoms with Crippen LogP contribution in [0.15, 0.2) is 26.7 Å². The molecule has 0 aliphatic heterocycles. The predicted octanol–water partition coefficient (Wildman–Crippen LogP) is 1.04. The molecular weight excluding hydrogens is 362 g/mol. The summed E-state index contributed by atoms with van der Waals surface area (Å²) < 4.78 is 24.4. The number of sulfone groups is 1. The van der Waals surface area contributed by atoms with Gasteiger partial charge in [0.05, 0.1) is 4.47 Å². The third-order valence-electron chi connectivity index (χ3n) is 2.51. The summed E-state index contributed by atoms with van der Waals surface area (Å²) in [6.07, 6.45) is 2.35. The highest BCUT2D eigenvalue weighted by atomic mass is 79.9. The van der Waals surface area contributed by atoms with E-state index in [9.17, 15) is 13.2 Å². The zero-order chi connectivity index (χ0) is 15.8. The van der Waals surface area contributed by atoms with Crippen LogP contribution in [-0.4, -0.2) is 36.0 Å². The third kappa shape index (κ3) is 3.41. The van der Waals surface area contributed by atoms with Gasteiger partial charge in [-0.1, -0.05) is 13.8 Å². The maximum absolute atomic E-state index is 12.1. The average Bonchev–Trinajstić information content (AvgIpc) is 2.37. The summed E-state index contributed by atoms with van der Waals surface area (Å²) in [4.78, 5) is 25.3. The van der Waals surface area contributed by atoms with Crippen LogP contribution in [0.2, 0.25) is 0 Å². The van der Waals surface area contributed by atoms with Gasteiger partial charge in [0.25, 0.3) is 5.56 Å². The molecule has 0 unspecified atom stereocenters.